The topological polar surface area (TPSA) is 123 Å². The first-order valence-electron chi connectivity index (χ1n) is 11.2. The molecule has 0 aliphatic carbocycles. The summed E-state index contributed by atoms with van der Waals surface area (Å²) in [6.45, 7) is 4.89. The summed E-state index contributed by atoms with van der Waals surface area (Å²) in [4.78, 5) is 21.9. The highest BCUT2D eigenvalue weighted by molar-refractivity contribution is 6.32. The largest absolute Gasteiger partial charge is 0.354 e. The smallest absolute Gasteiger partial charge is 0.334 e. The Balaban J connectivity index is 1.63. The van der Waals surface area contributed by atoms with E-state index < -0.39 is 10.8 Å². The van der Waals surface area contributed by atoms with E-state index in [1.165, 1.54) is 6.33 Å². The van der Waals surface area contributed by atoms with Crippen LogP contribution in [0.3, 0.4) is 0 Å². The van der Waals surface area contributed by atoms with E-state index in [1.807, 2.05) is 19.0 Å². The molecule has 0 amide bonds. The van der Waals surface area contributed by atoms with Gasteiger partial charge in [0, 0.05) is 41.9 Å². The number of piperazine rings is 1. The molecular weight excluding hydrogens is 503 g/mol. The number of likely N-dealkylation sites (N-methyl/N-ethyl adjacent to an activating group) is 1. The van der Waals surface area contributed by atoms with Gasteiger partial charge >= 0.3 is 5.69 Å². The number of nitrogens with one attached hydrogen (secondary N) is 2. The quantitative estimate of drug-likeness (QED) is 0.324. The highest BCUT2D eigenvalue weighted by Gasteiger charge is 2.26. The van der Waals surface area contributed by atoms with E-state index in [2.05, 4.69) is 31.7 Å². The van der Waals surface area contributed by atoms with Gasteiger partial charge in [-0.2, -0.15) is 5.26 Å². The molecule has 0 saturated carbocycles. The Morgan fingerprint density at radius 2 is 1.78 bits per heavy atom. The molecule has 4 rings (SSSR count). The van der Waals surface area contributed by atoms with Crippen LogP contribution in [0.1, 0.15) is 22.6 Å². The van der Waals surface area contributed by atoms with Crippen molar-refractivity contribution < 1.29 is 4.92 Å². The number of anilines is 3. The van der Waals surface area contributed by atoms with E-state index in [1.54, 1.807) is 36.4 Å². The van der Waals surface area contributed by atoms with Crippen LogP contribution in [-0.2, 0) is 0 Å². The Morgan fingerprint density at radius 1 is 1.11 bits per heavy atom. The Hall–Kier alpha value is -3.49. The van der Waals surface area contributed by atoms with Crippen LogP contribution < -0.4 is 10.7 Å². The Kier molecular flexibility index (Phi) is 7.86. The van der Waals surface area contributed by atoms with Crippen molar-refractivity contribution in [3.05, 3.63) is 79.6 Å². The summed E-state index contributed by atoms with van der Waals surface area (Å²) < 4.78 is 0. The lowest BCUT2D eigenvalue weighted by molar-refractivity contribution is -0.383. The first-order chi connectivity index (χ1) is 17.3. The Morgan fingerprint density at radius 3 is 2.42 bits per heavy atom. The van der Waals surface area contributed by atoms with Crippen LogP contribution >= 0.6 is 23.2 Å². The van der Waals surface area contributed by atoms with E-state index in [0.717, 1.165) is 24.2 Å². The van der Waals surface area contributed by atoms with Gasteiger partial charge in [0.05, 0.1) is 16.9 Å². The predicted octanol–water partition coefficient (Wildman–Crippen LogP) is 4.97. The molecule has 1 aliphatic rings. The van der Waals surface area contributed by atoms with Crippen molar-refractivity contribution in [3.8, 4) is 6.07 Å². The average molecular weight is 527 g/mol. The number of nitrogens with zero attached hydrogens (tertiary/aromatic N) is 6. The lowest BCUT2D eigenvalue weighted by Crippen LogP contribution is -2.47. The summed E-state index contributed by atoms with van der Waals surface area (Å²) in [5, 5.41) is 27.7. The molecular formula is C24H24Cl2N8O2. The van der Waals surface area contributed by atoms with Crippen molar-refractivity contribution in [2.75, 3.05) is 44.0 Å². The van der Waals surface area contributed by atoms with Crippen molar-refractivity contribution in [3.63, 3.8) is 0 Å². The summed E-state index contributed by atoms with van der Waals surface area (Å²) in [5.74, 6) is -0.460. The molecule has 2 aromatic carbocycles. The van der Waals surface area contributed by atoms with E-state index in [0.29, 0.717) is 34.4 Å². The summed E-state index contributed by atoms with van der Waals surface area (Å²) >= 11 is 12.6. The monoisotopic (exact) mass is 526 g/mol. The number of nitro groups is 1. The SMILES string of the molecule is Cc1cc(C(C#N)c2ccc(Cl)cc2)c(Cl)cc1Nc1ncnc(NN2CCN(C)CC2)c1[N+](=O)[O-]. The molecule has 10 nitrogen and oxygen atoms in total. The van der Waals surface area contributed by atoms with Crippen LogP contribution in [-0.4, -0.2) is 58.0 Å². The Labute approximate surface area is 218 Å². The fourth-order valence-corrected chi connectivity index (χ4v) is 4.36. The number of nitriles is 1. The fourth-order valence-electron chi connectivity index (χ4n) is 3.96. The molecule has 1 fully saturated rings. The molecule has 36 heavy (non-hydrogen) atoms. The molecule has 1 aromatic heterocycles. The maximum Gasteiger partial charge on any atom is 0.354 e. The number of aryl methyl sites for hydroxylation is 1. The molecule has 1 atom stereocenters. The number of hydrogen-bond donors (Lipinski definition) is 2. The molecule has 2 N–H and O–H groups in total. The zero-order valence-electron chi connectivity index (χ0n) is 19.7. The molecule has 3 aromatic rings. The first-order valence-corrected chi connectivity index (χ1v) is 11.9. The van der Waals surface area contributed by atoms with Crippen molar-refractivity contribution in [1.29, 1.82) is 5.26 Å². The lowest BCUT2D eigenvalue weighted by atomic mass is 9.91. The molecule has 0 bridgehead atoms. The van der Waals surface area contributed by atoms with Crippen molar-refractivity contribution in [1.82, 2.24) is 19.9 Å². The van der Waals surface area contributed by atoms with Crippen LogP contribution in [0.5, 0.6) is 0 Å². The molecule has 12 heteroatoms. The minimum absolute atomic E-state index is 0.0353. The zero-order chi connectivity index (χ0) is 25.8. The zero-order valence-corrected chi connectivity index (χ0v) is 21.2. The first kappa shape index (κ1) is 25.6. The van der Waals surface area contributed by atoms with E-state index in [9.17, 15) is 15.4 Å². The number of hydrazine groups is 1. The molecule has 2 heterocycles. The number of rotatable bonds is 7. The number of benzene rings is 2. The molecule has 186 valence electrons. The van der Waals surface area contributed by atoms with Gasteiger partial charge in [0.2, 0.25) is 11.6 Å². The van der Waals surface area contributed by atoms with Gasteiger partial charge in [-0.25, -0.2) is 15.0 Å². The van der Waals surface area contributed by atoms with Crippen molar-refractivity contribution >= 4 is 46.2 Å². The van der Waals surface area contributed by atoms with Crippen molar-refractivity contribution in [2.24, 2.45) is 0 Å². The van der Waals surface area contributed by atoms with Gasteiger partial charge in [-0.3, -0.25) is 15.5 Å². The molecule has 1 aliphatic heterocycles. The van der Waals surface area contributed by atoms with Gasteiger partial charge in [-0.05, 0) is 48.9 Å². The van der Waals surface area contributed by atoms with Crippen LogP contribution in [0.2, 0.25) is 10.0 Å². The molecule has 0 radical (unpaired) electrons. The van der Waals surface area contributed by atoms with Gasteiger partial charge in [0.1, 0.15) is 6.33 Å². The van der Waals surface area contributed by atoms with E-state index in [4.69, 9.17) is 23.2 Å². The maximum absolute atomic E-state index is 12.0. The minimum atomic E-state index is -0.602. The summed E-state index contributed by atoms with van der Waals surface area (Å²) in [6, 6.07) is 12.7. The summed E-state index contributed by atoms with van der Waals surface area (Å²) in [5.41, 5.74) is 5.44. The maximum atomic E-state index is 12.0. The number of hydrogen-bond acceptors (Lipinski definition) is 9. The van der Waals surface area contributed by atoms with Crippen LogP contribution in [0, 0.1) is 28.4 Å². The Bertz CT molecular complexity index is 1300. The number of aromatic nitrogens is 2. The second-order valence-corrected chi connectivity index (χ2v) is 9.35. The highest BCUT2D eigenvalue weighted by atomic mass is 35.5. The van der Waals surface area contributed by atoms with Crippen molar-refractivity contribution in [2.45, 2.75) is 12.8 Å². The second-order valence-electron chi connectivity index (χ2n) is 8.51. The second kappa shape index (κ2) is 11.1. The van der Waals surface area contributed by atoms with Gasteiger partial charge in [-0.1, -0.05) is 41.4 Å². The number of halogens is 2. The van der Waals surface area contributed by atoms with Crippen LogP contribution in [0.25, 0.3) is 0 Å². The third-order valence-electron chi connectivity index (χ3n) is 6.01. The minimum Gasteiger partial charge on any atom is -0.334 e. The van der Waals surface area contributed by atoms with Gasteiger partial charge < -0.3 is 10.2 Å². The molecule has 1 saturated heterocycles. The van der Waals surface area contributed by atoms with Gasteiger partial charge in [-0.15, -0.1) is 0 Å². The third-order valence-corrected chi connectivity index (χ3v) is 6.59. The molecule has 1 unspecified atom stereocenters. The molecule has 0 spiro atoms. The summed E-state index contributed by atoms with van der Waals surface area (Å²) in [7, 11) is 2.03. The average Bonchev–Trinajstić information content (AvgIpc) is 2.85. The highest BCUT2D eigenvalue weighted by Crippen LogP contribution is 2.37. The van der Waals surface area contributed by atoms with Crippen LogP contribution in [0.15, 0.2) is 42.7 Å². The van der Waals surface area contributed by atoms with Gasteiger partial charge in [0.25, 0.3) is 0 Å². The fraction of sp³-hybridized carbons (Fsp3) is 0.292. The summed E-state index contributed by atoms with van der Waals surface area (Å²) in [6.07, 6.45) is 1.27. The van der Waals surface area contributed by atoms with Crippen LogP contribution in [0.4, 0.5) is 23.0 Å². The predicted molar refractivity (Wildman–Crippen MR) is 140 cm³/mol. The third kappa shape index (κ3) is 5.66. The lowest BCUT2D eigenvalue weighted by Gasteiger charge is -2.32. The van der Waals surface area contributed by atoms with Gasteiger partial charge in [0.15, 0.2) is 0 Å². The van der Waals surface area contributed by atoms with E-state index in [-0.39, 0.29) is 17.3 Å². The standard InChI is InChI=1S/C24H24Cl2N8O2/c1-15-11-18(19(13-27)16-3-5-17(25)6-4-16)20(26)12-21(15)30-23-22(34(35)36)24(29-14-28-23)31-33-9-7-32(2)8-10-33/h3-6,11-12,14,19H,7-10H2,1-2H3,(H2,28,29,30,31). The normalized spacial score (nSPS) is 15.2. The van der Waals surface area contributed by atoms with E-state index >= 15 is 0 Å².